The molecule has 0 unspecified atom stereocenters. The Hall–Kier alpha value is -2.56. The van der Waals surface area contributed by atoms with E-state index in [0.717, 1.165) is 11.3 Å². The van der Waals surface area contributed by atoms with E-state index in [9.17, 15) is 13.7 Å². The van der Waals surface area contributed by atoms with E-state index in [-0.39, 0.29) is 15.9 Å². The average Bonchev–Trinajstić information content (AvgIpc) is 2.57. The number of sulfonamides is 1. The number of ether oxygens (including phenoxy) is 1. The van der Waals surface area contributed by atoms with Crippen molar-refractivity contribution in [2.75, 3.05) is 18.5 Å². The summed E-state index contributed by atoms with van der Waals surface area (Å²) in [6.07, 6.45) is 0. The molecular weight excluding hydrogens is 350 g/mol. The highest BCUT2D eigenvalue weighted by atomic mass is 32.2. The lowest BCUT2D eigenvalue weighted by atomic mass is 9.86. The standard InChI is InChI=1S/C19H23N3O3S/c1-19(2,3)16-6-4-5-7-18(16)25-11-10-22-17-9-8-15(26(21,23)24)12-14(17)13-20/h4-9,12,22H,10-11H2,1-3H3,(H2,21,23,24). The molecule has 0 aliphatic heterocycles. The molecule has 138 valence electrons. The van der Waals surface area contributed by atoms with Crippen molar-refractivity contribution < 1.29 is 13.2 Å². The van der Waals surface area contributed by atoms with Crippen LogP contribution in [0.4, 0.5) is 5.69 Å². The van der Waals surface area contributed by atoms with Crippen LogP contribution in [0, 0.1) is 11.3 Å². The largest absolute Gasteiger partial charge is 0.491 e. The molecule has 2 rings (SSSR count). The predicted molar refractivity (Wildman–Crippen MR) is 102 cm³/mol. The van der Waals surface area contributed by atoms with Gasteiger partial charge in [0.2, 0.25) is 10.0 Å². The zero-order valence-corrected chi connectivity index (χ0v) is 15.9. The molecule has 0 saturated carbocycles. The van der Waals surface area contributed by atoms with Gasteiger partial charge in [-0.2, -0.15) is 5.26 Å². The number of hydrogen-bond acceptors (Lipinski definition) is 5. The van der Waals surface area contributed by atoms with E-state index in [1.807, 2.05) is 30.3 Å². The third-order valence-corrected chi connectivity index (χ3v) is 4.72. The Balaban J connectivity index is 2.03. The molecule has 0 radical (unpaired) electrons. The summed E-state index contributed by atoms with van der Waals surface area (Å²) < 4.78 is 28.6. The summed E-state index contributed by atoms with van der Waals surface area (Å²) >= 11 is 0. The Labute approximate surface area is 154 Å². The van der Waals surface area contributed by atoms with Crippen LogP contribution in [0.3, 0.4) is 0 Å². The van der Waals surface area contributed by atoms with Gasteiger partial charge >= 0.3 is 0 Å². The molecule has 6 nitrogen and oxygen atoms in total. The van der Waals surface area contributed by atoms with Gasteiger partial charge in [0.1, 0.15) is 18.4 Å². The van der Waals surface area contributed by atoms with Gasteiger partial charge in [0.25, 0.3) is 0 Å². The first-order chi connectivity index (χ1) is 12.1. The first kappa shape index (κ1) is 19.8. The van der Waals surface area contributed by atoms with Crippen molar-refractivity contribution in [2.45, 2.75) is 31.1 Å². The van der Waals surface area contributed by atoms with Crippen molar-refractivity contribution in [1.82, 2.24) is 0 Å². The lowest BCUT2D eigenvalue weighted by Crippen LogP contribution is -2.17. The van der Waals surface area contributed by atoms with Gasteiger partial charge in [-0.1, -0.05) is 39.0 Å². The molecule has 0 saturated heterocycles. The van der Waals surface area contributed by atoms with Crippen LogP contribution < -0.4 is 15.2 Å². The Morgan fingerprint density at radius 3 is 2.50 bits per heavy atom. The van der Waals surface area contributed by atoms with E-state index >= 15 is 0 Å². The molecule has 0 amide bonds. The summed E-state index contributed by atoms with van der Waals surface area (Å²) in [6, 6.07) is 14.0. The van der Waals surface area contributed by atoms with Crippen LogP contribution in [-0.2, 0) is 15.4 Å². The predicted octanol–water partition coefficient (Wildman–Crippen LogP) is 2.99. The van der Waals surface area contributed by atoms with Gasteiger partial charge in [0.15, 0.2) is 0 Å². The van der Waals surface area contributed by atoms with Crippen molar-refractivity contribution in [3.8, 4) is 11.8 Å². The number of rotatable bonds is 6. The number of benzene rings is 2. The maximum Gasteiger partial charge on any atom is 0.238 e. The highest BCUT2D eigenvalue weighted by molar-refractivity contribution is 7.89. The van der Waals surface area contributed by atoms with Crippen molar-refractivity contribution in [1.29, 1.82) is 5.26 Å². The molecule has 0 spiro atoms. The van der Waals surface area contributed by atoms with Crippen LogP contribution in [0.25, 0.3) is 0 Å². The zero-order chi connectivity index (χ0) is 19.4. The minimum atomic E-state index is -3.84. The summed E-state index contributed by atoms with van der Waals surface area (Å²) in [5.74, 6) is 0.826. The smallest absolute Gasteiger partial charge is 0.238 e. The Morgan fingerprint density at radius 1 is 1.19 bits per heavy atom. The molecule has 0 bridgehead atoms. The van der Waals surface area contributed by atoms with Gasteiger partial charge in [0, 0.05) is 6.54 Å². The van der Waals surface area contributed by atoms with Gasteiger partial charge < -0.3 is 10.1 Å². The highest BCUT2D eigenvalue weighted by Gasteiger charge is 2.18. The second-order valence-electron chi connectivity index (χ2n) is 6.89. The fourth-order valence-corrected chi connectivity index (χ4v) is 3.05. The van der Waals surface area contributed by atoms with Gasteiger partial charge in [-0.05, 0) is 35.2 Å². The van der Waals surface area contributed by atoms with Crippen molar-refractivity contribution >= 4 is 15.7 Å². The van der Waals surface area contributed by atoms with E-state index in [2.05, 4.69) is 26.1 Å². The molecule has 2 aromatic carbocycles. The second kappa shape index (κ2) is 7.77. The van der Waals surface area contributed by atoms with Gasteiger partial charge in [-0.25, -0.2) is 13.6 Å². The first-order valence-electron chi connectivity index (χ1n) is 8.16. The van der Waals surface area contributed by atoms with Crippen molar-refractivity contribution in [2.24, 2.45) is 5.14 Å². The SMILES string of the molecule is CC(C)(C)c1ccccc1OCCNc1ccc(S(N)(=O)=O)cc1C#N. The first-order valence-corrected chi connectivity index (χ1v) is 9.70. The highest BCUT2D eigenvalue weighted by Crippen LogP contribution is 2.30. The van der Waals surface area contributed by atoms with Gasteiger partial charge in [0.05, 0.1) is 16.1 Å². The van der Waals surface area contributed by atoms with E-state index in [1.54, 1.807) is 0 Å². The Morgan fingerprint density at radius 2 is 1.88 bits per heavy atom. The van der Waals surface area contributed by atoms with E-state index in [1.165, 1.54) is 18.2 Å². The second-order valence-corrected chi connectivity index (χ2v) is 8.45. The molecule has 26 heavy (non-hydrogen) atoms. The summed E-state index contributed by atoms with van der Waals surface area (Å²) in [4.78, 5) is -0.0880. The number of para-hydroxylation sites is 1. The molecular formula is C19H23N3O3S. The maximum atomic E-state index is 11.4. The number of hydrogen-bond donors (Lipinski definition) is 2. The number of nitrogens with two attached hydrogens (primary N) is 1. The molecule has 0 heterocycles. The molecule has 0 fully saturated rings. The molecule has 0 aliphatic rings. The number of nitrogens with zero attached hydrogens (tertiary/aromatic N) is 1. The molecule has 7 heteroatoms. The van der Waals surface area contributed by atoms with E-state index in [0.29, 0.717) is 18.8 Å². The van der Waals surface area contributed by atoms with Crippen LogP contribution in [0.15, 0.2) is 47.4 Å². The minimum Gasteiger partial charge on any atom is -0.491 e. The number of primary sulfonamides is 1. The number of anilines is 1. The molecule has 0 atom stereocenters. The number of nitriles is 1. The molecule has 2 aromatic rings. The lowest BCUT2D eigenvalue weighted by Gasteiger charge is -2.22. The number of nitrogens with one attached hydrogen (secondary N) is 1. The Kier molecular flexibility index (Phi) is 5.90. The fraction of sp³-hybridized carbons (Fsp3) is 0.316. The van der Waals surface area contributed by atoms with E-state index < -0.39 is 10.0 Å². The normalized spacial score (nSPS) is 11.7. The average molecular weight is 373 g/mol. The molecule has 0 aliphatic carbocycles. The molecule has 0 aromatic heterocycles. The van der Waals surface area contributed by atoms with Gasteiger partial charge in [-0.15, -0.1) is 0 Å². The van der Waals surface area contributed by atoms with Crippen LogP contribution >= 0.6 is 0 Å². The van der Waals surface area contributed by atoms with E-state index in [4.69, 9.17) is 9.88 Å². The zero-order valence-electron chi connectivity index (χ0n) is 15.1. The minimum absolute atomic E-state index is 0.0262. The third kappa shape index (κ3) is 4.97. The maximum absolute atomic E-state index is 11.4. The van der Waals surface area contributed by atoms with Crippen LogP contribution in [0.5, 0.6) is 5.75 Å². The Bertz CT molecular complexity index is 926. The van der Waals surface area contributed by atoms with Crippen LogP contribution in [-0.4, -0.2) is 21.6 Å². The summed E-state index contributed by atoms with van der Waals surface area (Å²) in [7, 11) is -3.84. The van der Waals surface area contributed by atoms with Crippen molar-refractivity contribution in [3.63, 3.8) is 0 Å². The third-order valence-electron chi connectivity index (χ3n) is 3.81. The van der Waals surface area contributed by atoms with Crippen LogP contribution in [0.2, 0.25) is 0 Å². The monoisotopic (exact) mass is 373 g/mol. The summed E-state index contributed by atoms with van der Waals surface area (Å²) in [6.45, 7) is 7.23. The summed E-state index contributed by atoms with van der Waals surface area (Å²) in [5, 5.41) is 17.4. The van der Waals surface area contributed by atoms with Crippen LogP contribution in [0.1, 0.15) is 31.9 Å². The fourth-order valence-electron chi connectivity index (χ4n) is 2.51. The lowest BCUT2D eigenvalue weighted by molar-refractivity contribution is 0.323. The van der Waals surface area contributed by atoms with Crippen molar-refractivity contribution in [3.05, 3.63) is 53.6 Å². The molecule has 3 N–H and O–H groups in total. The summed E-state index contributed by atoms with van der Waals surface area (Å²) in [5.41, 5.74) is 1.84. The topological polar surface area (TPSA) is 105 Å². The quantitative estimate of drug-likeness (QED) is 0.757. The van der Waals surface area contributed by atoms with Gasteiger partial charge in [-0.3, -0.25) is 0 Å².